The van der Waals surface area contributed by atoms with Crippen LogP contribution in [0.15, 0.2) is 36.5 Å². The van der Waals surface area contributed by atoms with Gasteiger partial charge in [-0.05, 0) is 31.2 Å². The predicted molar refractivity (Wildman–Crippen MR) is 111 cm³/mol. The van der Waals surface area contributed by atoms with E-state index in [1.165, 1.54) is 0 Å². The van der Waals surface area contributed by atoms with Crippen molar-refractivity contribution < 1.29 is 9.84 Å². The van der Waals surface area contributed by atoms with Gasteiger partial charge in [-0.3, -0.25) is 0 Å². The van der Waals surface area contributed by atoms with E-state index < -0.39 is 0 Å². The van der Waals surface area contributed by atoms with Crippen LogP contribution in [0.5, 0.6) is 5.88 Å². The molecule has 0 aliphatic carbocycles. The molecule has 27 heavy (non-hydrogen) atoms. The van der Waals surface area contributed by atoms with Crippen molar-refractivity contribution in [2.24, 2.45) is 0 Å². The Morgan fingerprint density at radius 3 is 2.63 bits per heavy atom. The number of benzene rings is 1. The maximum atomic E-state index is 10.1. The zero-order chi connectivity index (χ0) is 17.9. The standard InChI is InChI=1S/C19H20N4O2S.ClH/c1-14-17(20-19(26-14)22-9-11-25-12-10-22)8-7-15-13-23(21-18(15)24)16-5-3-2-4-6-16;/h2-8,13H,9-12H2,1H3,(H,21,24);1H/b8-7+;. The van der Waals surface area contributed by atoms with Crippen LogP contribution >= 0.6 is 23.7 Å². The number of aromatic nitrogens is 3. The van der Waals surface area contributed by atoms with Crippen molar-refractivity contribution in [1.29, 1.82) is 0 Å². The van der Waals surface area contributed by atoms with Crippen molar-refractivity contribution >= 4 is 41.0 Å². The van der Waals surface area contributed by atoms with Gasteiger partial charge in [0.05, 0.1) is 30.2 Å². The Kier molecular flexibility index (Phi) is 6.15. The molecule has 3 aromatic rings. The fourth-order valence-electron chi connectivity index (χ4n) is 2.82. The minimum atomic E-state index is 0. The van der Waals surface area contributed by atoms with Crippen LogP contribution in [0.3, 0.4) is 0 Å². The molecule has 4 rings (SSSR count). The van der Waals surface area contributed by atoms with E-state index in [9.17, 15) is 5.11 Å². The van der Waals surface area contributed by atoms with Gasteiger partial charge in [0.25, 0.3) is 0 Å². The maximum Gasteiger partial charge on any atom is 0.238 e. The SMILES string of the molecule is Cc1sc(N2CCOCC2)nc1/C=C/c1cn(-c2ccccc2)nc1O.Cl. The summed E-state index contributed by atoms with van der Waals surface area (Å²) in [6.45, 7) is 5.31. The molecular weight excluding hydrogens is 384 g/mol. The Bertz CT molecular complexity index is 917. The monoisotopic (exact) mass is 404 g/mol. The highest BCUT2D eigenvalue weighted by Gasteiger charge is 2.16. The average Bonchev–Trinajstić information content (AvgIpc) is 3.24. The van der Waals surface area contributed by atoms with Crippen molar-refractivity contribution in [2.75, 3.05) is 31.2 Å². The number of hydrogen-bond donors (Lipinski definition) is 1. The molecule has 3 heterocycles. The molecule has 0 bridgehead atoms. The molecule has 0 unspecified atom stereocenters. The number of ether oxygens (including phenoxy) is 1. The molecule has 1 aromatic carbocycles. The zero-order valence-corrected chi connectivity index (χ0v) is 16.5. The number of morpholine rings is 1. The summed E-state index contributed by atoms with van der Waals surface area (Å²) in [6.07, 6.45) is 5.60. The first-order valence-electron chi connectivity index (χ1n) is 8.53. The van der Waals surface area contributed by atoms with Crippen molar-refractivity contribution in [2.45, 2.75) is 6.92 Å². The number of para-hydroxylation sites is 1. The van der Waals surface area contributed by atoms with Gasteiger partial charge in [0.15, 0.2) is 5.13 Å². The number of anilines is 1. The summed E-state index contributed by atoms with van der Waals surface area (Å²) >= 11 is 1.69. The van der Waals surface area contributed by atoms with E-state index in [0.29, 0.717) is 5.56 Å². The largest absolute Gasteiger partial charge is 0.492 e. The second kappa shape index (κ2) is 8.56. The fourth-order valence-corrected chi connectivity index (χ4v) is 3.76. The van der Waals surface area contributed by atoms with E-state index in [4.69, 9.17) is 9.72 Å². The minimum Gasteiger partial charge on any atom is -0.492 e. The van der Waals surface area contributed by atoms with Crippen LogP contribution in [0.4, 0.5) is 5.13 Å². The number of halogens is 1. The van der Waals surface area contributed by atoms with Crippen molar-refractivity contribution in [1.82, 2.24) is 14.8 Å². The topological polar surface area (TPSA) is 63.4 Å². The summed E-state index contributed by atoms with van der Waals surface area (Å²) < 4.78 is 7.07. The quantitative estimate of drug-likeness (QED) is 0.717. The zero-order valence-electron chi connectivity index (χ0n) is 14.9. The third-order valence-corrected chi connectivity index (χ3v) is 5.31. The highest BCUT2D eigenvalue weighted by atomic mass is 35.5. The lowest BCUT2D eigenvalue weighted by Gasteiger charge is -2.25. The maximum absolute atomic E-state index is 10.1. The first-order valence-corrected chi connectivity index (χ1v) is 9.34. The number of hydrogen-bond acceptors (Lipinski definition) is 6. The van der Waals surface area contributed by atoms with Crippen molar-refractivity contribution in [3.05, 3.63) is 52.7 Å². The van der Waals surface area contributed by atoms with Gasteiger partial charge in [0.2, 0.25) is 5.88 Å². The van der Waals surface area contributed by atoms with Crippen LogP contribution in [0.25, 0.3) is 17.8 Å². The van der Waals surface area contributed by atoms with Gasteiger partial charge in [-0.2, -0.15) is 0 Å². The summed E-state index contributed by atoms with van der Waals surface area (Å²) in [5.74, 6) is 0.00592. The number of aromatic hydroxyl groups is 1. The van der Waals surface area contributed by atoms with E-state index >= 15 is 0 Å². The molecule has 0 saturated carbocycles. The second-order valence-corrected chi connectivity index (χ2v) is 7.24. The third kappa shape index (κ3) is 4.32. The van der Waals surface area contributed by atoms with Gasteiger partial charge >= 0.3 is 0 Å². The molecule has 8 heteroatoms. The van der Waals surface area contributed by atoms with Gasteiger partial charge in [-0.15, -0.1) is 28.8 Å². The summed E-state index contributed by atoms with van der Waals surface area (Å²) in [4.78, 5) is 8.14. The molecule has 1 fully saturated rings. The molecule has 0 spiro atoms. The molecule has 142 valence electrons. The third-order valence-electron chi connectivity index (χ3n) is 4.27. The lowest BCUT2D eigenvalue weighted by Crippen LogP contribution is -2.36. The van der Waals surface area contributed by atoms with E-state index in [2.05, 4.69) is 16.9 Å². The highest BCUT2D eigenvalue weighted by molar-refractivity contribution is 7.15. The van der Waals surface area contributed by atoms with Crippen LogP contribution in [-0.2, 0) is 4.74 Å². The molecule has 0 atom stereocenters. The predicted octanol–water partition coefficient (Wildman–Crippen LogP) is 3.77. The van der Waals surface area contributed by atoms with Gasteiger partial charge in [0.1, 0.15) is 0 Å². The average molecular weight is 405 g/mol. The number of thiazole rings is 1. The summed E-state index contributed by atoms with van der Waals surface area (Å²) in [6, 6.07) is 9.72. The van der Waals surface area contributed by atoms with Gasteiger partial charge in [-0.25, -0.2) is 9.67 Å². The van der Waals surface area contributed by atoms with Crippen LogP contribution in [0.1, 0.15) is 16.1 Å². The summed E-state index contributed by atoms with van der Waals surface area (Å²) in [5, 5.41) is 15.3. The van der Waals surface area contributed by atoms with E-state index in [1.807, 2.05) is 48.7 Å². The Morgan fingerprint density at radius 1 is 1.15 bits per heavy atom. The number of aryl methyl sites for hydroxylation is 1. The Labute approximate surface area is 168 Å². The Hall–Kier alpha value is -2.35. The molecule has 1 aliphatic rings. The molecule has 1 aliphatic heterocycles. The van der Waals surface area contributed by atoms with E-state index in [-0.39, 0.29) is 18.3 Å². The lowest BCUT2D eigenvalue weighted by molar-refractivity contribution is 0.122. The van der Waals surface area contributed by atoms with Crippen LogP contribution in [0, 0.1) is 6.92 Å². The van der Waals surface area contributed by atoms with Gasteiger partial charge in [-0.1, -0.05) is 18.2 Å². The number of nitrogens with zero attached hydrogens (tertiary/aromatic N) is 4. The first-order chi connectivity index (χ1) is 12.7. The van der Waals surface area contributed by atoms with E-state index in [1.54, 1.807) is 16.0 Å². The van der Waals surface area contributed by atoms with Crippen LogP contribution in [0.2, 0.25) is 0 Å². The van der Waals surface area contributed by atoms with Crippen LogP contribution in [-0.4, -0.2) is 46.2 Å². The molecule has 1 N–H and O–H groups in total. The molecule has 1 saturated heterocycles. The lowest BCUT2D eigenvalue weighted by atomic mass is 10.2. The Morgan fingerprint density at radius 2 is 1.89 bits per heavy atom. The second-order valence-electron chi connectivity index (χ2n) is 6.06. The number of rotatable bonds is 4. The molecule has 0 amide bonds. The highest BCUT2D eigenvalue weighted by Crippen LogP contribution is 2.28. The van der Waals surface area contributed by atoms with Crippen molar-refractivity contribution in [3.63, 3.8) is 0 Å². The minimum absolute atomic E-state index is 0. The molecule has 2 aromatic heterocycles. The van der Waals surface area contributed by atoms with E-state index in [0.717, 1.165) is 47.7 Å². The molecule has 0 radical (unpaired) electrons. The smallest absolute Gasteiger partial charge is 0.238 e. The fraction of sp³-hybridized carbons (Fsp3) is 0.263. The summed E-state index contributed by atoms with van der Waals surface area (Å²) in [5.41, 5.74) is 2.49. The normalized spacial score (nSPS) is 14.5. The van der Waals surface area contributed by atoms with Crippen LogP contribution < -0.4 is 4.90 Å². The molecular formula is C19H21ClN4O2S. The molecule has 6 nitrogen and oxygen atoms in total. The van der Waals surface area contributed by atoms with Gasteiger partial charge in [0, 0.05) is 24.2 Å². The van der Waals surface area contributed by atoms with Crippen molar-refractivity contribution in [3.8, 4) is 11.6 Å². The Balaban J connectivity index is 0.00000210. The first kappa shape index (κ1) is 19.4. The summed E-state index contributed by atoms with van der Waals surface area (Å²) in [7, 11) is 0. The van der Waals surface area contributed by atoms with Gasteiger partial charge < -0.3 is 14.7 Å².